The van der Waals surface area contributed by atoms with Gasteiger partial charge in [0.25, 0.3) is 0 Å². The number of hydrogen-bond donors (Lipinski definition) is 1. The monoisotopic (exact) mass is 399 g/mol. The van der Waals surface area contributed by atoms with Crippen molar-refractivity contribution in [1.29, 1.82) is 0 Å². The Morgan fingerprint density at radius 1 is 1.10 bits per heavy atom. The highest BCUT2D eigenvalue weighted by atomic mass is 19.1. The fourth-order valence-electron chi connectivity index (χ4n) is 4.13. The Morgan fingerprint density at radius 2 is 1.79 bits per heavy atom. The van der Waals surface area contributed by atoms with Crippen molar-refractivity contribution in [1.82, 2.24) is 15.1 Å². The molecule has 3 rings (SSSR count). The van der Waals surface area contributed by atoms with E-state index in [2.05, 4.69) is 24.3 Å². The van der Waals surface area contributed by atoms with Crippen molar-refractivity contribution in [3.63, 3.8) is 0 Å². The van der Waals surface area contributed by atoms with E-state index < -0.39 is 0 Å². The van der Waals surface area contributed by atoms with Crippen LogP contribution in [0.2, 0.25) is 0 Å². The maximum atomic E-state index is 13.5. The molecule has 1 saturated heterocycles. The standard InChI is InChI=1S/C23H30FN3O2/c1-26(2)23(19-7-9-20(24)10-8-19)13-4-16-27(22(28)25-15-14-23)17-18-5-11-21(29-3)12-6-18/h5-12H,4,13-17H2,1-3H3,(H,25,28)/t23-/m0/s1. The molecule has 29 heavy (non-hydrogen) atoms. The maximum Gasteiger partial charge on any atom is 0.317 e. The Hall–Kier alpha value is -2.60. The molecule has 6 heteroatoms. The average molecular weight is 400 g/mol. The maximum absolute atomic E-state index is 13.5. The van der Waals surface area contributed by atoms with Crippen LogP contribution in [0.25, 0.3) is 0 Å². The van der Waals surface area contributed by atoms with Gasteiger partial charge in [-0.15, -0.1) is 0 Å². The molecule has 1 aliphatic heterocycles. The van der Waals surface area contributed by atoms with Crippen molar-refractivity contribution in [2.24, 2.45) is 0 Å². The summed E-state index contributed by atoms with van der Waals surface area (Å²) in [4.78, 5) is 16.8. The van der Waals surface area contributed by atoms with Gasteiger partial charge >= 0.3 is 6.03 Å². The third-order valence-corrected chi connectivity index (χ3v) is 5.89. The second kappa shape index (κ2) is 9.27. The molecule has 1 N–H and O–H groups in total. The van der Waals surface area contributed by atoms with Gasteiger partial charge in [-0.2, -0.15) is 0 Å². The number of benzene rings is 2. The van der Waals surface area contributed by atoms with E-state index >= 15 is 0 Å². The van der Waals surface area contributed by atoms with Crippen molar-refractivity contribution in [2.45, 2.75) is 31.3 Å². The number of hydrogen-bond acceptors (Lipinski definition) is 3. The molecular weight excluding hydrogens is 369 g/mol. The topological polar surface area (TPSA) is 44.8 Å². The van der Waals surface area contributed by atoms with E-state index in [0.29, 0.717) is 19.6 Å². The number of nitrogens with one attached hydrogen (secondary N) is 1. The number of halogens is 1. The van der Waals surface area contributed by atoms with Crippen LogP contribution in [0.1, 0.15) is 30.4 Å². The van der Waals surface area contributed by atoms with Crippen LogP contribution in [-0.4, -0.2) is 50.1 Å². The van der Waals surface area contributed by atoms with Crippen LogP contribution in [0.4, 0.5) is 9.18 Å². The summed E-state index contributed by atoms with van der Waals surface area (Å²) < 4.78 is 18.7. The highest BCUT2D eigenvalue weighted by molar-refractivity contribution is 5.74. The van der Waals surface area contributed by atoms with Gasteiger partial charge in [0, 0.05) is 25.2 Å². The molecular formula is C23H30FN3O2. The van der Waals surface area contributed by atoms with Gasteiger partial charge in [-0.05, 0) is 68.8 Å². The van der Waals surface area contributed by atoms with Gasteiger partial charge in [0.1, 0.15) is 11.6 Å². The van der Waals surface area contributed by atoms with E-state index in [1.54, 1.807) is 7.11 Å². The van der Waals surface area contributed by atoms with Crippen LogP contribution in [0.3, 0.4) is 0 Å². The van der Waals surface area contributed by atoms with Gasteiger partial charge in [0.05, 0.1) is 7.11 Å². The second-order valence-electron chi connectivity index (χ2n) is 7.79. The zero-order chi connectivity index (χ0) is 20.9. The Kier molecular flexibility index (Phi) is 6.75. The van der Waals surface area contributed by atoms with Gasteiger partial charge in [0.15, 0.2) is 0 Å². The summed E-state index contributed by atoms with van der Waals surface area (Å²) in [5.41, 5.74) is 1.91. The smallest absolute Gasteiger partial charge is 0.317 e. The van der Waals surface area contributed by atoms with E-state index in [9.17, 15) is 9.18 Å². The number of methoxy groups -OCH3 is 1. The minimum atomic E-state index is -0.239. The van der Waals surface area contributed by atoms with Crippen LogP contribution >= 0.6 is 0 Å². The van der Waals surface area contributed by atoms with Crippen molar-refractivity contribution >= 4 is 6.03 Å². The van der Waals surface area contributed by atoms with Gasteiger partial charge < -0.3 is 15.0 Å². The summed E-state index contributed by atoms with van der Waals surface area (Å²) in [6.07, 6.45) is 2.52. The van der Waals surface area contributed by atoms with Crippen LogP contribution in [0, 0.1) is 5.82 Å². The first-order chi connectivity index (χ1) is 13.9. The Labute approximate surface area is 172 Å². The average Bonchev–Trinajstić information content (AvgIpc) is 2.79. The summed E-state index contributed by atoms with van der Waals surface area (Å²) >= 11 is 0. The molecule has 2 amide bonds. The minimum absolute atomic E-state index is 0.0468. The normalized spacial score (nSPS) is 20.6. The Bertz CT molecular complexity index is 808. The molecule has 0 aliphatic carbocycles. The number of rotatable bonds is 5. The Balaban J connectivity index is 1.76. The van der Waals surface area contributed by atoms with Gasteiger partial charge in [-0.1, -0.05) is 24.3 Å². The minimum Gasteiger partial charge on any atom is -0.497 e. The largest absolute Gasteiger partial charge is 0.497 e. The predicted octanol–water partition coefficient (Wildman–Crippen LogP) is 3.99. The number of urea groups is 1. The molecule has 1 fully saturated rings. The summed E-state index contributed by atoms with van der Waals surface area (Å²) in [5, 5.41) is 3.07. The zero-order valence-corrected chi connectivity index (χ0v) is 17.5. The number of nitrogens with zero attached hydrogens (tertiary/aromatic N) is 2. The van der Waals surface area contributed by atoms with E-state index in [1.807, 2.05) is 41.3 Å². The number of amides is 2. The molecule has 0 aromatic heterocycles. The van der Waals surface area contributed by atoms with Crippen LogP contribution in [0.5, 0.6) is 5.75 Å². The fraction of sp³-hybridized carbons (Fsp3) is 0.435. The SMILES string of the molecule is COc1ccc(CN2CCC[C@](c3ccc(F)cc3)(N(C)C)CCNC2=O)cc1. The molecule has 156 valence electrons. The third kappa shape index (κ3) is 4.88. The molecule has 2 aromatic carbocycles. The van der Waals surface area contributed by atoms with E-state index in [0.717, 1.165) is 36.1 Å². The first-order valence-electron chi connectivity index (χ1n) is 10.0. The van der Waals surface area contributed by atoms with Gasteiger partial charge in [-0.3, -0.25) is 4.90 Å². The molecule has 1 heterocycles. The molecule has 5 nitrogen and oxygen atoms in total. The highest BCUT2D eigenvalue weighted by Gasteiger charge is 2.35. The van der Waals surface area contributed by atoms with E-state index in [4.69, 9.17) is 4.74 Å². The van der Waals surface area contributed by atoms with Crippen molar-refractivity contribution < 1.29 is 13.9 Å². The van der Waals surface area contributed by atoms with Gasteiger partial charge in [0.2, 0.25) is 0 Å². The fourth-order valence-corrected chi connectivity index (χ4v) is 4.13. The van der Waals surface area contributed by atoms with Crippen molar-refractivity contribution in [2.75, 3.05) is 34.3 Å². The summed E-state index contributed by atoms with van der Waals surface area (Å²) in [6.45, 7) is 1.78. The van der Waals surface area contributed by atoms with Crippen molar-refractivity contribution in [3.05, 3.63) is 65.5 Å². The lowest BCUT2D eigenvalue weighted by atomic mass is 9.81. The molecule has 0 spiro atoms. The van der Waals surface area contributed by atoms with E-state index in [1.165, 1.54) is 12.1 Å². The predicted molar refractivity (Wildman–Crippen MR) is 112 cm³/mol. The van der Waals surface area contributed by atoms with E-state index in [-0.39, 0.29) is 17.4 Å². The molecule has 0 saturated carbocycles. The number of carbonyl (C=O) groups is 1. The lowest BCUT2D eigenvalue weighted by Gasteiger charge is -2.41. The lowest BCUT2D eigenvalue weighted by Crippen LogP contribution is -2.44. The second-order valence-corrected chi connectivity index (χ2v) is 7.79. The molecule has 0 radical (unpaired) electrons. The quantitative estimate of drug-likeness (QED) is 0.827. The molecule has 2 aromatic rings. The third-order valence-electron chi connectivity index (χ3n) is 5.89. The van der Waals surface area contributed by atoms with Crippen LogP contribution in [-0.2, 0) is 12.1 Å². The van der Waals surface area contributed by atoms with Crippen LogP contribution < -0.4 is 10.1 Å². The lowest BCUT2D eigenvalue weighted by molar-refractivity contribution is 0.124. The first-order valence-corrected chi connectivity index (χ1v) is 10.0. The van der Waals surface area contributed by atoms with Crippen molar-refractivity contribution in [3.8, 4) is 5.75 Å². The summed E-state index contributed by atoms with van der Waals surface area (Å²) in [6, 6.07) is 14.5. The number of carbonyl (C=O) groups excluding carboxylic acids is 1. The zero-order valence-electron chi connectivity index (χ0n) is 17.5. The molecule has 0 bridgehead atoms. The first kappa shape index (κ1) is 21.1. The molecule has 0 unspecified atom stereocenters. The van der Waals surface area contributed by atoms with Crippen LogP contribution in [0.15, 0.2) is 48.5 Å². The summed E-state index contributed by atoms with van der Waals surface area (Å²) in [7, 11) is 5.75. The Morgan fingerprint density at radius 3 is 2.41 bits per heavy atom. The number of ether oxygens (including phenoxy) is 1. The summed E-state index contributed by atoms with van der Waals surface area (Å²) in [5.74, 6) is 0.572. The van der Waals surface area contributed by atoms with Gasteiger partial charge in [-0.25, -0.2) is 9.18 Å². The molecule has 1 atom stereocenters. The highest BCUT2D eigenvalue weighted by Crippen LogP contribution is 2.36. The molecule has 1 aliphatic rings.